The van der Waals surface area contributed by atoms with Gasteiger partial charge < -0.3 is 11.1 Å². The summed E-state index contributed by atoms with van der Waals surface area (Å²) in [6, 6.07) is 15.0. The van der Waals surface area contributed by atoms with E-state index in [0.29, 0.717) is 23.5 Å². The fraction of sp³-hybridized carbons (Fsp3) is 0.0952. The first-order valence-corrected chi connectivity index (χ1v) is 8.62. The lowest BCUT2D eigenvalue weighted by Gasteiger charge is -2.09. The van der Waals surface area contributed by atoms with Crippen molar-refractivity contribution in [3.63, 3.8) is 0 Å². The third kappa shape index (κ3) is 3.50. The van der Waals surface area contributed by atoms with Gasteiger partial charge in [-0.1, -0.05) is 12.1 Å². The van der Waals surface area contributed by atoms with E-state index in [-0.39, 0.29) is 5.91 Å². The molecule has 27 heavy (non-hydrogen) atoms. The molecule has 2 aromatic heterocycles. The maximum Gasteiger partial charge on any atom is 0.255 e. The second kappa shape index (κ2) is 6.92. The number of nitrogens with one attached hydrogen (secondary N) is 1. The first-order valence-electron chi connectivity index (χ1n) is 8.62. The fourth-order valence-electron chi connectivity index (χ4n) is 3.01. The molecule has 0 aliphatic carbocycles. The predicted octanol–water partition coefficient (Wildman–Crippen LogP) is 3.62. The number of anilines is 2. The van der Waals surface area contributed by atoms with E-state index in [1.54, 1.807) is 18.5 Å². The van der Waals surface area contributed by atoms with Crippen molar-refractivity contribution in [3.05, 3.63) is 83.8 Å². The second-order valence-corrected chi connectivity index (χ2v) is 6.48. The summed E-state index contributed by atoms with van der Waals surface area (Å²) in [5.41, 5.74) is 10.8. The molecule has 3 N–H and O–H groups in total. The number of aromatic nitrogens is 3. The van der Waals surface area contributed by atoms with Crippen molar-refractivity contribution >= 4 is 28.2 Å². The number of amides is 1. The highest BCUT2D eigenvalue weighted by Gasteiger charge is 2.11. The number of hydrogen-bond donors (Lipinski definition) is 2. The van der Waals surface area contributed by atoms with Crippen LogP contribution < -0.4 is 11.1 Å². The molecule has 0 aliphatic rings. The Labute approximate surface area is 156 Å². The number of nitrogens with zero attached hydrogens (tertiary/aromatic N) is 3. The van der Waals surface area contributed by atoms with Crippen LogP contribution in [0.1, 0.15) is 21.5 Å². The van der Waals surface area contributed by atoms with Crippen molar-refractivity contribution in [2.24, 2.45) is 0 Å². The van der Waals surface area contributed by atoms with Crippen LogP contribution in [0, 0.1) is 6.92 Å². The van der Waals surface area contributed by atoms with Gasteiger partial charge in [0, 0.05) is 23.3 Å². The Morgan fingerprint density at radius 2 is 2.04 bits per heavy atom. The zero-order valence-corrected chi connectivity index (χ0v) is 14.9. The predicted molar refractivity (Wildman–Crippen MR) is 107 cm³/mol. The molecule has 2 aromatic carbocycles. The number of aryl methyl sites for hydroxylation is 1. The van der Waals surface area contributed by atoms with Crippen molar-refractivity contribution in [2.45, 2.75) is 13.5 Å². The highest BCUT2D eigenvalue weighted by Crippen LogP contribution is 2.22. The van der Waals surface area contributed by atoms with Gasteiger partial charge >= 0.3 is 0 Å². The Morgan fingerprint density at radius 3 is 2.81 bits per heavy atom. The molecule has 0 unspecified atom stereocenters. The average Bonchev–Trinajstić information content (AvgIpc) is 3.07. The van der Waals surface area contributed by atoms with E-state index in [2.05, 4.69) is 15.4 Å². The maximum absolute atomic E-state index is 12.6. The molecule has 0 aliphatic heterocycles. The number of nitrogen functional groups attached to an aromatic ring is 1. The molecule has 6 heteroatoms. The third-order valence-corrected chi connectivity index (χ3v) is 4.41. The summed E-state index contributed by atoms with van der Waals surface area (Å²) in [7, 11) is 0. The quantitative estimate of drug-likeness (QED) is 0.546. The highest BCUT2D eigenvalue weighted by atomic mass is 16.1. The van der Waals surface area contributed by atoms with E-state index in [0.717, 1.165) is 22.0 Å². The molecule has 0 atom stereocenters. The summed E-state index contributed by atoms with van der Waals surface area (Å²) < 4.78 is 1.89. The number of hydrogen-bond acceptors (Lipinski definition) is 4. The van der Waals surface area contributed by atoms with Gasteiger partial charge in [0.05, 0.1) is 29.6 Å². The summed E-state index contributed by atoms with van der Waals surface area (Å²) in [5, 5.41) is 8.21. The van der Waals surface area contributed by atoms with Gasteiger partial charge in [-0.15, -0.1) is 0 Å². The van der Waals surface area contributed by atoms with Crippen LogP contribution in [0.4, 0.5) is 11.4 Å². The van der Waals surface area contributed by atoms with E-state index < -0.39 is 0 Å². The molecule has 6 nitrogen and oxygen atoms in total. The monoisotopic (exact) mass is 357 g/mol. The fourth-order valence-corrected chi connectivity index (χ4v) is 3.01. The topological polar surface area (TPSA) is 85.8 Å². The Bertz CT molecular complexity index is 1120. The minimum atomic E-state index is -0.201. The van der Waals surface area contributed by atoms with Crippen molar-refractivity contribution in [2.75, 3.05) is 11.1 Å². The number of rotatable bonds is 4. The van der Waals surface area contributed by atoms with Crippen molar-refractivity contribution in [1.82, 2.24) is 14.8 Å². The van der Waals surface area contributed by atoms with Gasteiger partial charge in [-0.25, -0.2) is 0 Å². The molecule has 4 rings (SSSR count). The molecule has 134 valence electrons. The van der Waals surface area contributed by atoms with Crippen LogP contribution in [-0.4, -0.2) is 20.7 Å². The number of pyridine rings is 1. The first-order chi connectivity index (χ1) is 13.1. The smallest absolute Gasteiger partial charge is 0.255 e. The Hall–Kier alpha value is -3.67. The van der Waals surface area contributed by atoms with Crippen LogP contribution in [0.15, 0.2) is 67.1 Å². The Morgan fingerprint density at radius 1 is 1.15 bits per heavy atom. The normalized spacial score (nSPS) is 10.9. The molecule has 0 bridgehead atoms. The summed E-state index contributed by atoms with van der Waals surface area (Å²) in [6.45, 7) is 2.59. The largest absolute Gasteiger partial charge is 0.397 e. The van der Waals surface area contributed by atoms with Gasteiger partial charge in [0.25, 0.3) is 5.91 Å². The summed E-state index contributed by atoms with van der Waals surface area (Å²) >= 11 is 0. The molecular weight excluding hydrogens is 338 g/mol. The van der Waals surface area contributed by atoms with E-state index >= 15 is 0 Å². The zero-order valence-electron chi connectivity index (χ0n) is 14.9. The molecule has 0 saturated carbocycles. The number of carbonyl (C=O) groups excluding carboxylic acids is 1. The van der Waals surface area contributed by atoms with Crippen LogP contribution in [0.25, 0.3) is 10.9 Å². The lowest BCUT2D eigenvalue weighted by Crippen LogP contribution is -2.13. The van der Waals surface area contributed by atoms with E-state index in [9.17, 15) is 4.79 Å². The Kier molecular flexibility index (Phi) is 4.30. The van der Waals surface area contributed by atoms with E-state index in [1.165, 1.54) is 0 Å². The summed E-state index contributed by atoms with van der Waals surface area (Å²) in [4.78, 5) is 16.7. The van der Waals surface area contributed by atoms with E-state index in [1.807, 2.05) is 60.3 Å². The Balaban J connectivity index is 1.57. The first kappa shape index (κ1) is 16.8. The van der Waals surface area contributed by atoms with Crippen LogP contribution in [0.2, 0.25) is 0 Å². The number of benzene rings is 2. The van der Waals surface area contributed by atoms with E-state index in [4.69, 9.17) is 5.73 Å². The highest BCUT2D eigenvalue weighted by molar-refractivity contribution is 6.07. The average molecular weight is 357 g/mol. The zero-order chi connectivity index (χ0) is 18.8. The standard InChI is InChI=1S/C21H19N5O/c1-14-4-6-19(18(22)9-14)25-21(27)16-5-7-20-17(10-16)12-24-26(20)13-15-3-2-8-23-11-15/h2-12H,13,22H2,1H3,(H,25,27). The SMILES string of the molecule is Cc1ccc(NC(=O)c2ccc3c(cnn3Cc3cccnc3)c2)c(N)c1. The molecule has 1 amide bonds. The molecule has 2 heterocycles. The lowest BCUT2D eigenvalue weighted by molar-refractivity contribution is 0.102. The maximum atomic E-state index is 12.6. The van der Waals surface area contributed by atoms with Gasteiger partial charge in [0.2, 0.25) is 0 Å². The second-order valence-electron chi connectivity index (χ2n) is 6.48. The lowest BCUT2D eigenvalue weighted by atomic mass is 10.1. The molecule has 0 saturated heterocycles. The third-order valence-electron chi connectivity index (χ3n) is 4.41. The number of fused-ring (bicyclic) bond motifs is 1. The van der Waals surface area contributed by atoms with Crippen molar-refractivity contribution in [1.29, 1.82) is 0 Å². The number of nitrogens with two attached hydrogens (primary N) is 1. The summed E-state index contributed by atoms with van der Waals surface area (Å²) in [6.07, 6.45) is 5.33. The van der Waals surface area contributed by atoms with Gasteiger partial charge in [-0.2, -0.15) is 5.10 Å². The van der Waals surface area contributed by atoms with Gasteiger partial charge in [-0.05, 0) is 54.4 Å². The van der Waals surface area contributed by atoms with Crippen LogP contribution in [0.5, 0.6) is 0 Å². The molecule has 0 fully saturated rings. The van der Waals surface area contributed by atoms with Gasteiger partial charge in [0.15, 0.2) is 0 Å². The summed E-state index contributed by atoms with van der Waals surface area (Å²) in [5.74, 6) is -0.201. The van der Waals surface area contributed by atoms with Gasteiger partial charge in [-0.3, -0.25) is 14.5 Å². The van der Waals surface area contributed by atoms with Crippen LogP contribution in [-0.2, 0) is 6.54 Å². The van der Waals surface area contributed by atoms with Gasteiger partial charge in [0.1, 0.15) is 0 Å². The molecular formula is C21H19N5O. The molecule has 0 radical (unpaired) electrons. The minimum absolute atomic E-state index is 0.201. The molecule has 0 spiro atoms. The van der Waals surface area contributed by atoms with Crippen molar-refractivity contribution < 1.29 is 4.79 Å². The molecule has 4 aromatic rings. The number of carbonyl (C=O) groups is 1. The minimum Gasteiger partial charge on any atom is -0.397 e. The van der Waals surface area contributed by atoms with Crippen LogP contribution in [0.3, 0.4) is 0 Å². The van der Waals surface area contributed by atoms with Crippen LogP contribution >= 0.6 is 0 Å². The van der Waals surface area contributed by atoms with Crippen molar-refractivity contribution in [3.8, 4) is 0 Å².